The van der Waals surface area contributed by atoms with Crippen LogP contribution in [0.15, 0.2) is 48.6 Å². The average molecular weight is 271 g/mol. The second-order valence-corrected chi connectivity index (χ2v) is 5.61. The molecule has 3 rings (SSSR count). The number of hydrogen-bond acceptors (Lipinski definition) is 3. The Labute approximate surface area is 117 Å². The lowest BCUT2D eigenvalue weighted by molar-refractivity contribution is -0.385. The number of allylic oxidation sites excluding steroid dienone is 3. The molecule has 4 heteroatoms. The van der Waals surface area contributed by atoms with Gasteiger partial charge in [0.25, 0.3) is 5.69 Å². The predicted octanol–water partition coefficient (Wildman–Crippen LogP) is 3.05. The van der Waals surface area contributed by atoms with E-state index in [1.54, 1.807) is 12.1 Å². The molecule has 1 fully saturated rings. The van der Waals surface area contributed by atoms with Gasteiger partial charge in [-0.15, -0.1) is 0 Å². The number of fused-ring (bicyclic) bond motifs is 2. The molecule has 20 heavy (non-hydrogen) atoms. The van der Waals surface area contributed by atoms with E-state index in [1.807, 2.05) is 12.1 Å². The van der Waals surface area contributed by atoms with E-state index in [4.69, 9.17) is 0 Å². The van der Waals surface area contributed by atoms with E-state index >= 15 is 0 Å². The standard InChI is InChI=1S/C16H17NO3/c1-10-11-6-7-14(16(10)12(8-11)9-18)13-4-2-3-5-15(13)17(19)20/h2-7,11-12,14,16,18H,1,8-9H2/t11-,12-,14-,16-/m0/s1. The maximum absolute atomic E-state index is 11.2. The van der Waals surface area contributed by atoms with Gasteiger partial charge < -0.3 is 5.11 Å². The summed E-state index contributed by atoms with van der Waals surface area (Å²) in [5.41, 5.74) is 1.98. The quantitative estimate of drug-likeness (QED) is 0.522. The van der Waals surface area contributed by atoms with Crippen LogP contribution >= 0.6 is 0 Å². The number of nitro groups is 1. The molecule has 0 amide bonds. The lowest BCUT2D eigenvalue weighted by Crippen LogP contribution is -2.22. The topological polar surface area (TPSA) is 63.4 Å². The van der Waals surface area contributed by atoms with Gasteiger partial charge in [-0.3, -0.25) is 10.1 Å². The van der Waals surface area contributed by atoms with Crippen LogP contribution in [0.25, 0.3) is 0 Å². The second kappa shape index (κ2) is 4.87. The Bertz CT molecular complexity index is 593. The lowest BCUT2D eigenvalue weighted by atomic mass is 9.75. The smallest absolute Gasteiger partial charge is 0.273 e. The number of hydrogen-bond donors (Lipinski definition) is 1. The van der Waals surface area contributed by atoms with Crippen molar-refractivity contribution in [3.05, 3.63) is 64.2 Å². The Morgan fingerprint density at radius 3 is 2.80 bits per heavy atom. The van der Waals surface area contributed by atoms with Gasteiger partial charge in [-0.05, 0) is 24.2 Å². The third kappa shape index (κ3) is 1.88. The molecule has 2 aliphatic rings. The Balaban J connectivity index is 2.06. The first-order valence-corrected chi connectivity index (χ1v) is 6.84. The zero-order chi connectivity index (χ0) is 14.3. The maximum atomic E-state index is 11.2. The Morgan fingerprint density at radius 1 is 1.35 bits per heavy atom. The molecule has 2 aliphatic carbocycles. The van der Waals surface area contributed by atoms with Crippen LogP contribution < -0.4 is 0 Å². The summed E-state index contributed by atoms with van der Waals surface area (Å²) in [6.45, 7) is 4.27. The molecule has 0 aromatic heterocycles. The van der Waals surface area contributed by atoms with Gasteiger partial charge in [-0.25, -0.2) is 0 Å². The molecule has 1 N–H and O–H groups in total. The average Bonchev–Trinajstić information content (AvgIpc) is 2.66. The highest BCUT2D eigenvalue weighted by atomic mass is 16.6. The Morgan fingerprint density at radius 2 is 2.10 bits per heavy atom. The zero-order valence-electron chi connectivity index (χ0n) is 11.1. The van der Waals surface area contributed by atoms with Gasteiger partial charge >= 0.3 is 0 Å². The van der Waals surface area contributed by atoms with Crippen LogP contribution in [0.3, 0.4) is 0 Å². The molecule has 104 valence electrons. The van der Waals surface area contributed by atoms with Crippen molar-refractivity contribution in [3.8, 4) is 0 Å². The maximum Gasteiger partial charge on any atom is 0.273 e. The summed E-state index contributed by atoms with van der Waals surface area (Å²) < 4.78 is 0. The van der Waals surface area contributed by atoms with Crippen LogP contribution in [0.1, 0.15) is 17.9 Å². The van der Waals surface area contributed by atoms with Crippen molar-refractivity contribution in [1.82, 2.24) is 0 Å². The van der Waals surface area contributed by atoms with E-state index in [1.165, 1.54) is 0 Å². The highest BCUT2D eigenvalue weighted by Gasteiger charge is 2.44. The van der Waals surface area contributed by atoms with Crippen molar-refractivity contribution in [1.29, 1.82) is 0 Å². The van der Waals surface area contributed by atoms with Gasteiger partial charge in [-0.2, -0.15) is 0 Å². The molecule has 1 saturated carbocycles. The number of aliphatic hydroxyl groups excluding tert-OH is 1. The Kier molecular flexibility index (Phi) is 3.18. The molecule has 0 saturated heterocycles. The minimum atomic E-state index is -0.332. The summed E-state index contributed by atoms with van der Waals surface area (Å²) in [6.07, 6.45) is 5.05. The van der Waals surface area contributed by atoms with Crippen LogP contribution in [0.5, 0.6) is 0 Å². The third-order valence-corrected chi connectivity index (χ3v) is 4.63. The van der Waals surface area contributed by atoms with Gasteiger partial charge in [0.15, 0.2) is 0 Å². The van der Waals surface area contributed by atoms with Gasteiger partial charge in [0.1, 0.15) is 0 Å². The molecular formula is C16H17NO3. The molecule has 0 aliphatic heterocycles. The Hall–Kier alpha value is -1.94. The number of rotatable bonds is 3. The van der Waals surface area contributed by atoms with Crippen molar-refractivity contribution in [2.24, 2.45) is 17.8 Å². The molecule has 1 aromatic carbocycles. The van der Waals surface area contributed by atoms with Crippen LogP contribution in [0, 0.1) is 27.9 Å². The number of benzene rings is 1. The molecule has 4 atom stereocenters. The second-order valence-electron chi connectivity index (χ2n) is 5.61. The highest BCUT2D eigenvalue weighted by molar-refractivity contribution is 5.47. The summed E-state index contributed by atoms with van der Waals surface area (Å²) in [5, 5.41) is 20.8. The lowest BCUT2D eigenvalue weighted by Gasteiger charge is -2.29. The molecular weight excluding hydrogens is 254 g/mol. The molecule has 4 nitrogen and oxygen atoms in total. The summed E-state index contributed by atoms with van der Waals surface area (Å²) in [7, 11) is 0. The van der Waals surface area contributed by atoms with E-state index in [-0.39, 0.29) is 35.0 Å². The fourth-order valence-electron chi connectivity index (χ4n) is 3.69. The van der Waals surface area contributed by atoms with E-state index in [2.05, 4.69) is 18.7 Å². The zero-order valence-corrected chi connectivity index (χ0v) is 11.1. The normalized spacial score (nSPS) is 31.6. The summed E-state index contributed by atoms with van der Waals surface area (Å²) in [5.74, 6) is 0.513. The number of nitrogens with zero attached hydrogens (tertiary/aromatic N) is 1. The third-order valence-electron chi connectivity index (χ3n) is 4.63. The van der Waals surface area contributed by atoms with Crippen molar-refractivity contribution in [2.75, 3.05) is 6.61 Å². The van der Waals surface area contributed by atoms with Gasteiger partial charge in [-0.1, -0.05) is 42.5 Å². The molecule has 0 radical (unpaired) electrons. The minimum absolute atomic E-state index is 0.0556. The van der Waals surface area contributed by atoms with Crippen LogP contribution in [0.4, 0.5) is 5.69 Å². The molecule has 0 unspecified atom stereocenters. The van der Waals surface area contributed by atoms with Crippen LogP contribution in [-0.2, 0) is 0 Å². The van der Waals surface area contributed by atoms with Gasteiger partial charge in [0.2, 0.25) is 0 Å². The first kappa shape index (κ1) is 13.1. The summed E-state index contributed by atoms with van der Waals surface area (Å²) in [6, 6.07) is 6.87. The van der Waals surface area contributed by atoms with Crippen molar-refractivity contribution in [2.45, 2.75) is 12.3 Å². The summed E-state index contributed by atoms with van der Waals surface area (Å²) in [4.78, 5) is 10.9. The van der Waals surface area contributed by atoms with Gasteiger partial charge in [0.05, 0.1) is 4.92 Å². The number of nitro benzene ring substituents is 1. The fraction of sp³-hybridized carbons (Fsp3) is 0.375. The number of aliphatic hydroxyl groups is 1. The van der Waals surface area contributed by atoms with Crippen LogP contribution in [0.2, 0.25) is 0 Å². The minimum Gasteiger partial charge on any atom is -0.396 e. The first-order valence-electron chi connectivity index (χ1n) is 6.84. The van der Waals surface area contributed by atoms with Crippen LogP contribution in [-0.4, -0.2) is 16.6 Å². The first-order chi connectivity index (χ1) is 9.63. The van der Waals surface area contributed by atoms with E-state index in [0.717, 1.165) is 17.6 Å². The molecule has 1 aromatic rings. The van der Waals surface area contributed by atoms with Crippen molar-refractivity contribution < 1.29 is 10.0 Å². The van der Waals surface area contributed by atoms with Crippen molar-refractivity contribution >= 4 is 5.69 Å². The highest BCUT2D eigenvalue weighted by Crippen LogP contribution is 2.52. The summed E-state index contributed by atoms with van der Waals surface area (Å²) >= 11 is 0. The van der Waals surface area contributed by atoms with Gasteiger partial charge in [0, 0.05) is 24.2 Å². The molecule has 0 spiro atoms. The number of para-hydroxylation sites is 1. The monoisotopic (exact) mass is 271 g/mol. The van der Waals surface area contributed by atoms with E-state index in [9.17, 15) is 15.2 Å². The van der Waals surface area contributed by atoms with E-state index < -0.39 is 0 Å². The fourth-order valence-corrected chi connectivity index (χ4v) is 3.69. The molecule has 0 heterocycles. The largest absolute Gasteiger partial charge is 0.396 e. The SMILES string of the molecule is C=C1[C@H]2[C@H](CO)C[C@@H]1C=C[C@H]2c1ccccc1[N+](=O)[O-]. The molecule has 2 bridgehead atoms. The van der Waals surface area contributed by atoms with E-state index in [0.29, 0.717) is 5.92 Å². The van der Waals surface area contributed by atoms with Crippen molar-refractivity contribution in [3.63, 3.8) is 0 Å². The predicted molar refractivity (Wildman–Crippen MR) is 76.3 cm³/mol.